The third-order valence-electron chi connectivity index (χ3n) is 4.37. The van der Waals surface area contributed by atoms with Crippen LogP contribution in [-0.2, 0) is 16.0 Å². The van der Waals surface area contributed by atoms with E-state index < -0.39 is 12.0 Å². The van der Waals surface area contributed by atoms with E-state index in [2.05, 4.69) is 29.5 Å². The van der Waals surface area contributed by atoms with Gasteiger partial charge in [-0.2, -0.15) is 0 Å². The van der Waals surface area contributed by atoms with Gasteiger partial charge in [0.25, 0.3) is 0 Å². The number of pyridine rings is 1. The fraction of sp³-hybridized carbons (Fsp3) is 0.650. The summed E-state index contributed by atoms with van der Waals surface area (Å²) in [6.07, 6.45) is 6.30. The molecular weight excluding hydrogens is 330 g/mol. The van der Waals surface area contributed by atoms with Crippen LogP contribution in [0.4, 0.5) is 0 Å². The number of carbonyl (C=O) groups excluding carboxylic acids is 1. The number of hydrogen-bond acceptors (Lipinski definition) is 4. The lowest BCUT2D eigenvalue weighted by molar-refractivity contribution is -0.140. The molecule has 0 radical (unpaired) electrons. The fourth-order valence-corrected chi connectivity index (χ4v) is 2.90. The molecule has 1 heterocycles. The van der Waals surface area contributed by atoms with Crippen LogP contribution in [0.3, 0.4) is 0 Å². The number of nitrogens with zero attached hydrogens (tertiary/aromatic N) is 1. The molecule has 0 fully saturated rings. The average molecular weight is 364 g/mol. The van der Waals surface area contributed by atoms with Gasteiger partial charge < -0.3 is 15.7 Å². The van der Waals surface area contributed by atoms with Gasteiger partial charge in [0.15, 0.2) is 0 Å². The van der Waals surface area contributed by atoms with Crippen molar-refractivity contribution in [1.82, 2.24) is 15.6 Å². The SMILES string of the molecule is CC(C)N[C@@H](CCCCNC(=O)[C@@H](Cc1cccnc1)C(C)C)C(=O)O. The van der Waals surface area contributed by atoms with Crippen LogP contribution in [0.2, 0.25) is 0 Å². The zero-order chi connectivity index (χ0) is 19.5. The second-order valence-electron chi connectivity index (χ2n) is 7.41. The van der Waals surface area contributed by atoms with Gasteiger partial charge in [-0.15, -0.1) is 0 Å². The van der Waals surface area contributed by atoms with Gasteiger partial charge in [-0.3, -0.25) is 14.6 Å². The standard InChI is InChI=1S/C20H33N3O3/c1-14(2)17(12-16-8-7-10-21-13-16)19(24)22-11-6-5-9-18(20(25)26)23-15(3)4/h7-8,10,13-15,17-18,23H,5-6,9,11-12H2,1-4H3,(H,22,24)(H,25,26)/t17-,18-/m0/s1. The van der Waals surface area contributed by atoms with E-state index in [1.54, 1.807) is 12.4 Å². The van der Waals surface area contributed by atoms with Crippen molar-refractivity contribution in [2.24, 2.45) is 11.8 Å². The summed E-state index contributed by atoms with van der Waals surface area (Å²) in [4.78, 5) is 27.8. The zero-order valence-corrected chi connectivity index (χ0v) is 16.4. The van der Waals surface area contributed by atoms with E-state index in [9.17, 15) is 14.7 Å². The zero-order valence-electron chi connectivity index (χ0n) is 16.4. The number of amides is 1. The van der Waals surface area contributed by atoms with Crippen molar-refractivity contribution in [1.29, 1.82) is 0 Å². The third-order valence-corrected chi connectivity index (χ3v) is 4.37. The molecule has 3 N–H and O–H groups in total. The second-order valence-corrected chi connectivity index (χ2v) is 7.41. The predicted octanol–water partition coefficient (Wildman–Crippen LogP) is 2.63. The first kappa shape index (κ1) is 22.1. The number of nitrogens with one attached hydrogen (secondary N) is 2. The molecule has 1 rings (SSSR count). The summed E-state index contributed by atoms with van der Waals surface area (Å²) in [7, 11) is 0. The molecule has 1 aromatic heterocycles. The van der Waals surface area contributed by atoms with Gasteiger partial charge in [-0.25, -0.2) is 0 Å². The average Bonchev–Trinajstić information content (AvgIpc) is 2.58. The van der Waals surface area contributed by atoms with Gasteiger partial charge in [0.1, 0.15) is 6.04 Å². The lowest BCUT2D eigenvalue weighted by atomic mass is 9.89. The predicted molar refractivity (Wildman–Crippen MR) is 103 cm³/mol. The Kier molecular flexibility index (Phi) is 9.88. The molecule has 0 aliphatic heterocycles. The minimum Gasteiger partial charge on any atom is -0.480 e. The highest BCUT2D eigenvalue weighted by atomic mass is 16.4. The molecule has 0 aliphatic carbocycles. The van der Waals surface area contributed by atoms with Crippen molar-refractivity contribution in [3.8, 4) is 0 Å². The highest BCUT2D eigenvalue weighted by Crippen LogP contribution is 2.17. The summed E-state index contributed by atoms with van der Waals surface area (Å²) in [5.41, 5.74) is 1.06. The molecule has 0 saturated heterocycles. The summed E-state index contributed by atoms with van der Waals surface area (Å²) < 4.78 is 0. The summed E-state index contributed by atoms with van der Waals surface area (Å²) in [5.74, 6) is -0.617. The first-order valence-corrected chi connectivity index (χ1v) is 9.46. The van der Waals surface area contributed by atoms with Gasteiger partial charge >= 0.3 is 5.97 Å². The van der Waals surface area contributed by atoms with Gasteiger partial charge in [0, 0.05) is 30.9 Å². The van der Waals surface area contributed by atoms with Crippen molar-refractivity contribution in [3.63, 3.8) is 0 Å². The molecule has 0 aliphatic rings. The molecule has 6 heteroatoms. The summed E-state index contributed by atoms with van der Waals surface area (Å²) in [6.45, 7) is 8.55. The van der Waals surface area contributed by atoms with Crippen LogP contribution in [0.5, 0.6) is 0 Å². The normalized spacial score (nSPS) is 13.6. The first-order valence-electron chi connectivity index (χ1n) is 9.46. The Bertz CT molecular complexity index is 546. The monoisotopic (exact) mass is 363 g/mol. The largest absolute Gasteiger partial charge is 0.480 e. The molecule has 6 nitrogen and oxygen atoms in total. The maximum absolute atomic E-state index is 12.5. The molecule has 26 heavy (non-hydrogen) atoms. The Hall–Kier alpha value is -1.95. The van der Waals surface area contributed by atoms with Crippen LogP contribution in [0.15, 0.2) is 24.5 Å². The Balaban J connectivity index is 2.38. The molecular formula is C20H33N3O3. The Morgan fingerprint density at radius 1 is 1.19 bits per heavy atom. The molecule has 146 valence electrons. The minimum absolute atomic E-state index is 0.0546. The Morgan fingerprint density at radius 3 is 2.46 bits per heavy atom. The molecule has 1 amide bonds. The number of carboxylic acids is 1. The molecule has 0 spiro atoms. The minimum atomic E-state index is -0.820. The van der Waals surface area contributed by atoms with Crippen LogP contribution >= 0.6 is 0 Å². The van der Waals surface area contributed by atoms with Crippen molar-refractivity contribution in [2.45, 2.75) is 65.5 Å². The van der Waals surface area contributed by atoms with Crippen LogP contribution < -0.4 is 10.6 Å². The van der Waals surface area contributed by atoms with E-state index >= 15 is 0 Å². The number of unbranched alkanes of at least 4 members (excludes halogenated alkanes) is 1. The quantitative estimate of drug-likeness (QED) is 0.497. The lowest BCUT2D eigenvalue weighted by Gasteiger charge is -2.20. The van der Waals surface area contributed by atoms with Crippen LogP contribution in [0.1, 0.15) is 52.5 Å². The van der Waals surface area contributed by atoms with Crippen LogP contribution in [0.25, 0.3) is 0 Å². The van der Waals surface area contributed by atoms with E-state index in [0.29, 0.717) is 19.4 Å². The van der Waals surface area contributed by atoms with Gasteiger partial charge in [-0.05, 0) is 43.2 Å². The summed E-state index contributed by atoms with van der Waals surface area (Å²) >= 11 is 0. The number of rotatable bonds is 12. The smallest absolute Gasteiger partial charge is 0.320 e. The van der Waals surface area contributed by atoms with Crippen LogP contribution in [0, 0.1) is 11.8 Å². The van der Waals surface area contributed by atoms with Gasteiger partial charge in [0.2, 0.25) is 5.91 Å². The fourth-order valence-electron chi connectivity index (χ4n) is 2.90. The molecule has 1 aromatic rings. The van der Waals surface area contributed by atoms with E-state index in [1.165, 1.54) is 0 Å². The Morgan fingerprint density at radius 2 is 1.92 bits per heavy atom. The van der Waals surface area contributed by atoms with Crippen LogP contribution in [-0.4, -0.2) is 40.6 Å². The summed E-state index contributed by atoms with van der Waals surface area (Å²) in [5, 5.41) is 15.3. The number of aromatic nitrogens is 1. The number of carboxylic acid groups (broad SMARTS) is 1. The molecule has 2 atom stereocenters. The van der Waals surface area contributed by atoms with Crippen molar-refractivity contribution in [2.75, 3.05) is 6.54 Å². The topological polar surface area (TPSA) is 91.3 Å². The van der Waals surface area contributed by atoms with Crippen molar-refractivity contribution in [3.05, 3.63) is 30.1 Å². The van der Waals surface area contributed by atoms with Crippen molar-refractivity contribution >= 4 is 11.9 Å². The first-order chi connectivity index (χ1) is 12.3. The number of carbonyl (C=O) groups is 2. The highest BCUT2D eigenvalue weighted by Gasteiger charge is 2.22. The Labute approximate surface area is 156 Å². The van der Waals surface area contributed by atoms with Gasteiger partial charge in [-0.1, -0.05) is 33.8 Å². The second kappa shape index (κ2) is 11.6. The molecule has 0 bridgehead atoms. The lowest BCUT2D eigenvalue weighted by Crippen LogP contribution is -2.41. The summed E-state index contributed by atoms with van der Waals surface area (Å²) in [6, 6.07) is 3.48. The maximum atomic E-state index is 12.5. The van der Waals surface area contributed by atoms with Gasteiger partial charge in [0.05, 0.1) is 0 Å². The molecule has 0 aromatic carbocycles. The van der Waals surface area contributed by atoms with E-state index in [0.717, 1.165) is 18.4 Å². The molecule has 0 unspecified atom stereocenters. The van der Waals surface area contributed by atoms with E-state index in [4.69, 9.17) is 0 Å². The number of aliphatic carboxylic acids is 1. The van der Waals surface area contributed by atoms with Crippen molar-refractivity contribution < 1.29 is 14.7 Å². The third kappa shape index (κ3) is 8.43. The number of hydrogen-bond donors (Lipinski definition) is 3. The maximum Gasteiger partial charge on any atom is 0.320 e. The van der Waals surface area contributed by atoms with E-state index in [1.807, 2.05) is 26.0 Å². The van der Waals surface area contributed by atoms with E-state index in [-0.39, 0.29) is 23.8 Å². The highest BCUT2D eigenvalue weighted by molar-refractivity contribution is 5.79. The molecule has 0 saturated carbocycles.